The maximum absolute atomic E-state index is 12.6. The van der Waals surface area contributed by atoms with Crippen molar-refractivity contribution in [1.29, 1.82) is 0 Å². The molecule has 0 saturated heterocycles. The molecule has 1 aromatic rings. The molecule has 0 amide bonds. The third-order valence-corrected chi connectivity index (χ3v) is 4.48. The molecule has 1 atom stereocenters. The first-order valence-corrected chi connectivity index (χ1v) is 6.70. The molecule has 0 fully saturated rings. The summed E-state index contributed by atoms with van der Waals surface area (Å²) in [6, 6.07) is 5.10. The first-order chi connectivity index (χ1) is 7.81. The van der Waals surface area contributed by atoms with Gasteiger partial charge in [0.1, 0.15) is 5.82 Å². The fourth-order valence-electron chi connectivity index (χ4n) is 1.33. The third kappa shape index (κ3) is 4.14. The summed E-state index contributed by atoms with van der Waals surface area (Å²) >= 11 is 0. The van der Waals surface area contributed by atoms with Crippen LogP contribution in [0.4, 0.5) is 4.39 Å². The Bertz CT molecular complexity index is 493. The summed E-state index contributed by atoms with van der Waals surface area (Å²) in [5, 5.41) is 7.58. The second kappa shape index (κ2) is 5.27. The van der Waals surface area contributed by atoms with Crippen LogP contribution in [-0.4, -0.2) is 24.7 Å². The number of benzene rings is 1. The molecule has 0 spiro atoms. The average molecular weight is 260 g/mol. The molecular weight excluding hydrogens is 247 g/mol. The zero-order valence-corrected chi connectivity index (χ0v) is 10.1. The number of hydrogen-bond donors (Lipinski definition) is 1. The number of carboxylic acids is 1. The molecule has 0 aliphatic carbocycles. The molecule has 0 heterocycles. The fourth-order valence-corrected chi connectivity index (χ4v) is 2.67. The molecule has 1 aromatic carbocycles. The zero-order valence-electron chi connectivity index (χ0n) is 9.26. The first-order valence-electron chi connectivity index (χ1n) is 4.99. The summed E-state index contributed by atoms with van der Waals surface area (Å²) in [5.41, 5.74) is 0.448. The lowest BCUT2D eigenvalue weighted by Crippen LogP contribution is -2.22. The Morgan fingerprint density at radius 2 is 1.88 bits per heavy atom. The Morgan fingerprint density at radius 1 is 1.35 bits per heavy atom. The van der Waals surface area contributed by atoms with Gasteiger partial charge >= 0.3 is 5.97 Å². The first kappa shape index (κ1) is 13.6. The van der Waals surface area contributed by atoms with Crippen molar-refractivity contribution >= 4 is 15.8 Å². The average Bonchev–Trinajstić information content (AvgIpc) is 2.20. The number of rotatable bonds is 5. The predicted molar refractivity (Wildman–Crippen MR) is 60.7 cm³/mol. The highest BCUT2D eigenvalue weighted by molar-refractivity contribution is 7.91. The van der Waals surface area contributed by atoms with Gasteiger partial charge in [-0.2, -0.15) is 0 Å². The molecule has 0 bridgehead atoms. The lowest BCUT2D eigenvalue weighted by atomic mass is 10.2. The normalized spacial score (nSPS) is 13.3. The van der Waals surface area contributed by atoms with Gasteiger partial charge in [-0.05, 0) is 24.6 Å². The van der Waals surface area contributed by atoms with E-state index in [1.54, 1.807) is 0 Å². The maximum atomic E-state index is 12.6. The van der Waals surface area contributed by atoms with Crippen LogP contribution in [-0.2, 0) is 20.4 Å². The maximum Gasteiger partial charge on any atom is 0.304 e. The monoisotopic (exact) mass is 260 g/mol. The van der Waals surface area contributed by atoms with E-state index < -0.39 is 33.3 Å². The minimum Gasteiger partial charge on any atom is -0.481 e. The van der Waals surface area contributed by atoms with Crippen LogP contribution in [0.3, 0.4) is 0 Å². The summed E-state index contributed by atoms with van der Waals surface area (Å²) < 4.78 is 36.1. The Hall–Kier alpha value is -1.43. The molecule has 1 N–H and O–H groups in total. The van der Waals surface area contributed by atoms with E-state index in [1.807, 2.05) is 0 Å². The SMILES string of the molecule is CC(CC(=O)O)S(=O)(=O)Cc1ccc(F)cc1. The molecule has 17 heavy (non-hydrogen) atoms. The minimum absolute atomic E-state index is 0.276. The second-order valence-electron chi connectivity index (χ2n) is 3.84. The molecule has 4 nitrogen and oxygen atoms in total. The summed E-state index contributed by atoms with van der Waals surface area (Å²) in [6.45, 7) is 1.35. The van der Waals surface area contributed by atoms with Crippen molar-refractivity contribution in [3.63, 3.8) is 0 Å². The van der Waals surface area contributed by atoms with Crippen LogP contribution < -0.4 is 0 Å². The van der Waals surface area contributed by atoms with Gasteiger partial charge < -0.3 is 5.11 Å². The largest absolute Gasteiger partial charge is 0.481 e. The second-order valence-corrected chi connectivity index (χ2v) is 6.26. The molecular formula is C11H13FO4S. The fraction of sp³-hybridized carbons (Fsp3) is 0.364. The molecule has 0 aliphatic heterocycles. The van der Waals surface area contributed by atoms with Crippen LogP contribution in [0.2, 0.25) is 0 Å². The van der Waals surface area contributed by atoms with Gasteiger partial charge in [0.05, 0.1) is 17.4 Å². The topological polar surface area (TPSA) is 71.4 Å². The molecule has 0 radical (unpaired) electrons. The van der Waals surface area contributed by atoms with E-state index in [4.69, 9.17) is 5.11 Å². The highest BCUT2D eigenvalue weighted by Crippen LogP contribution is 2.14. The quantitative estimate of drug-likeness (QED) is 0.873. The van der Waals surface area contributed by atoms with E-state index in [0.717, 1.165) is 0 Å². The van der Waals surface area contributed by atoms with Gasteiger partial charge in [-0.25, -0.2) is 12.8 Å². The van der Waals surface area contributed by atoms with Crippen molar-refractivity contribution in [2.24, 2.45) is 0 Å². The van der Waals surface area contributed by atoms with Crippen molar-refractivity contribution in [2.45, 2.75) is 24.3 Å². The van der Waals surface area contributed by atoms with Gasteiger partial charge in [-0.3, -0.25) is 4.79 Å². The highest BCUT2D eigenvalue weighted by atomic mass is 32.2. The van der Waals surface area contributed by atoms with Gasteiger partial charge in [0, 0.05) is 0 Å². The highest BCUT2D eigenvalue weighted by Gasteiger charge is 2.23. The Labute approximate surface area is 99.0 Å². The van der Waals surface area contributed by atoms with Crippen molar-refractivity contribution in [3.8, 4) is 0 Å². The number of sulfone groups is 1. The summed E-state index contributed by atoms with van der Waals surface area (Å²) in [4.78, 5) is 10.4. The number of carbonyl (C=O) groups is 1. The molecule has 0 saturated carbocycles. The molecule has 0 aromatic heterocycles. The minimum atomic E-state index is -3.52. The van der Waals surface area contributed by atoms with Crippen molar-refractivity contribution < 1.29 is 22.7 Å². The van der Waals surface area contributed by atoms with E-state index in [9.17, 15) is 17.6 Å². The van der Waals surface area contributed by atoms with Crippen LogP contribution in [0.15, 0.2) is 24.3 Å². The number of aliphatic carboxylic acids is 1. The smallest absolute Gasteiger partial charge is 0.304 e. The van der Waals surface area contributed by atoms with Gasteiger partial charge in [0.2, 0.25) is 0 Å². The van der Waals surface area contributed by atoms with E-state index in [2.05, 4.69) is 0 Å². The van der Waals surface area contributed by atoms with E-state index in [0.29, 0.717) is 5.56 Å². The van der Waals surface area contributed by atoms with Gasteiger partial charge in [-0.15, -0.1) is 0 Å². The number of carboxylic acid groups (broad SMARTS) is 1. The molecule has 6 heteroatoms. The Morgan fingerprint density at radius 3 is 2.35 bits per heavy atom. The Balaban J connectivity index is 2.79. The van der Waals surface area contributed by atoms with Gasteiger partial charge in [0.15, 0.2) is 9.84 Å². The van der Waals surface area contributed by atoms with Crippen molar-refractivity contribution in [1.82, 2.24) is 0 Å². The molecule has 1 rings (SSSR count). The van der Waals surface area contributed by atoms with Crippen LogP contribution >= 0.6 is 0 Å². The van der Waals surface area contributed by atoms with Crippen LogP contribution in [0, 0.1) is 5.82 Å². The van der Waals surface area contributed by atoms with Gasteiger partial charge in [0.25, 0.3) is 0 Å². The van der Waals surface area contributed by atoms with Crippen molar-refractivity contribution in [2.75, 3.05) is 0 Å². The summed E-state index contributed by atoms with van der Waals surface area (Å²) in [5.74, 6) is -1.87. The van der Waals surface area contributed by atoms with Crippen LogP contribution in [0.5, 0.6) is 0 Å². The van der Waals surface area contributed by atoms with Crippen molar-refractivity contribution in [3.05, 3.63) is 35.6 Å². The van der Waals surface area contributed by atoms with Crippen LogP contribution in [0.1, 0.15) is 18.9 Å². The third-order valence-electron chi connectivity index (χ3n) is 2.36. The number of halogens is 1. The van der Waals surface area contributed by atoms with E-state index in [1.165, 1.54) is 31.2 Å². The lowest BCUT2D eigenvalue weighted by Gasteiger charge is -2.10. The van der Waals surface area contributed by atoms with Gasteiger partial charge in [-0.1, -0.05) is 12.1 Å². The standard InChI is InChI=1S/C11H13FO4S/c1-8(6-11(13)14)17(15,16)7-9-2-4-10(12)5-3-9/h2-5,8H,6-7H2,1H3,(H,13,14). The molecule has 94 valence electrons. The zero-order chi connectivity index (χ0) is 13.1. The molecule has 0 aliphatic rings. The van der Waals surface area contributed by atoms with Crippen LogP contribution in [0.25, 0.3) is 0 Å². The predicted octanol–water partition coefficient (Wildman–Crippen LogP) is 1.60. The molecule has 1 unspecified atom stereocenters. The summed E-state index contributed by atoms with van der Waals surface area (Å²) in [7, 11) is -3.52. The summed E-state index contributed by atoms with van der Waals surface area (Å²) in [6.07, 6.45) is -0.427. The number of hydrogen-bond acceptors (Lipinski definition) is 3. The van der Waals surface area contributed by atoms with E-state index >= 15 is 0 Å². The van der Waals surface area contributed by atoms with E-state index in [-0.39, 0.29) is 5.75 Å². The Kier molecular flexibility index (Phi) is 4.22. The lowest BCUT2D eigenvalue weighted by molar-refractivity contribution is -0.136.